The topological polar surface area (TPSA) is 20.7 Å². The van der Waals surface area contributed by atoms with E-state index in [2.05, 4.69) is 82.7 Å². The van der Waals surface area contributed by atoms with Gasteiger partial charge < -0.3 is 4.98 Å². The van der Waals surface area contributed by atoms with Gasteiger partial charge in [0, 0.05) is 27.5 Å². The minimum atomic E-state index is 0.0300. The van der Waals surface area contributed by atoms with E-state index in [0.717, 1.165) is 14.9 Å². The highest BCUT2D eigenvalue weighted by Gasteiger charge is 2.20. The summed E-state index contributed by atoms with van der Waals surface area (Å²) in [5.74, 6) is 0. The number of aromatic nitrogens is 2. The SMILES string of the molecule is CC(C)(C)c1c[nH]c(=S)n1-c1ccc2cc(Br)ccc2c1. The van der Waals surface area contributed by atoms with Crippen molar-refractivity contribution in [1.82, 2.24) is 9.55 Å². The van der Waals surface area contributed by atoms with Gasteiger partial charge in [-0.05, 0) is 47.3 Å². The Hall–Kier alpha value is -1.39. The highest BCUT2D eigenvalue weighted by atomic mass is 79.9. The van der Waals surface area contributed by atoms with Crippen LogP contribution < -0.4 is 0 Å². The summed E-state index contributed by atoms with van der Waals surface area (Å²) in [6, 6.07) is 12.7. The van der Waals surface area contributed by atoms with Gasteiger partial charge in [-0.1, -0.05) is 48.8 Å². The highest BCUT2D eigenvalue weighted by Crippen LogP contribution is 2.28. The van der Waals surface area contributed by atoms with Crippen molar-refractivity contribution in [2.24, 2.45) is 0 Å². The van der Waals surface area contributed by atoms with Gasteiger partial charge in [-0.25, -0.2) is 0 Å². The molecule has 2 aromatic carbocycles. The number of nitrogens with zero attached hydrogens (tertiary/aromatic N) is 1. The lowest BCUT2D eigenvalue weighted by molar-refractivity contribution is 0.556. The smallest absolute Gasteiger partial charge is 0.182 e. The van der Waals surface area contributed by atoms with Crippen LogP contribution in [0.3, 0.4) is 0 Å². The van der Waals surface area contributed by atoms with E-state index in [0.29, 0.717) is 0 Å². The lowest BCUT2D eigenvalue weighted by Crippen LogP contribution is -2.16. The third-order valence-corrected chi connectivity index (χ3v) is 4.38. The maximum atomic E-state index is 5.47. The monoisotopic (exact) mass is 360 g/mol. The second-order valence-electron chi connectivity index (χ2n) is 6.24. The van der Waals surface area contributed by atoms with Crippen molar-refractivity contribution >= 4 is 38.9 Å². The molecule has 0 spiro atoms. The summed E-state index contributed by atoms with van der Waals surface area (Å²) < 4.78 is 3.95. The normalized spacial score (nSPS) is 12.0. The van der Waals surface area contributed by atoms with Crippen LogP contribution in [0.5, 0.6) is 0 Å². The first-order chi connectivity index (χ1) is 9.86. The largest absolute Gasteiger partial charge is 0.337 e. The number of H-pyrrole nitrogens is 1. The summed E-state index contributed by atoms with van der Waals surface area (Å²) in [6.07, 6.45) is 2.01. The van der Waals surface area contributed by atoms with Gasteiger partial charge >= 0.3 is 0 Å². The number of imidazole rings is 1. The quantitative estimate of drug-likeness (QED) is 0.548. The molecule has 0 atom stereocenters. The Morgan fingerprint density at radius 2 is 1.71 bits per heavy atom. The lowest BCUT2D eigenvalue weighted by atomic mass is 9.92. The van der Waals surface area contributed by atoms with Gasteiger partial charge in [-0.3, -0.25) is 4.57 Å². The molecule has 1 heterocycles. The average Bonchev–Trinajstić information content (AvgIpc) is 2.80. The summed E-state index contributed by atoms with van der Waals surface area (Å²) in [7, 11) is 0. The molecular formula is C17H17BrN2S. The summed E-state index contributed by atoms with van der Waals surface area (Å²) in [5, 5.41) is 2.42. The molecule has 21 heavy (non-hydrogen) atoms. The first-order valence-corrected chi connectivity index (χ1v) is 8.07. The molecule has 0 aliphatic carbocycles. The molecule has 0 aliphatic heterocycles. The summed E-state index contributed by atoms with van der Waals surface area (Å²) in [5.41, 5.74) is 2.31. The molecule has 0 saturated heterocycles. The van der Waals surface area contributed by atoms with Crippen LogP contribution >= 0.6 is 28.1 Å². The van der Waals surface area contributed by atoms with Crippen molar-refractivity contribution in [2.45, 2.75) is 26.2 Å². The van der Waals surface area contributed by atoms with Crippen LogP contribution in [0.15, 0.2) is 47.1 Å². The lowest BCUT2D eigenvalue weighted by Gasteiger charge is -2.21. The van der Waals surface area contributed by atoms with Gasteiger partial charge in [0.15, 0.2) is 4.77 Å². The predicted molar refractivity (Wildman–Crippen MR) is 94.9 cm³/mol. The molecule has 0 saturated carbocycles. The van der Waals surface area contributed by atoms with E-state index in [9.17, 15) is 0 Å². The summed E-state index contributed by atoms with van der Waals surface area (Å²) in [6.45, 7) is 6.58. The molecule has 0 fully saturated rings. The van der Waals surface area contributed by atoms with Gasteiger partial charge in [0.25, 0.3) is 0 Å². The Kier molecular flexibility index (Phi) is 3.54. The zero-order valence-electron chi connectivity index (χ0n) is 12.3. The Morgan fingerprint density at radius 1 is 1.05 bits per heavy atom. The molecule has 3 aromatic rings. The van der Waals surface area contributed by atoms with Gasteiger partial charge in [0.1, 0.15) is 0 Å². The highest BCUT2D eigenvalue weighted by molar-refractivity contribution is 9.10. The van der Waals surface area contributed by atoms with E-state index in [1.54, 1.807) is 0 Å². The third-order valence-electron chi connectivity index (χ3n) is 3.59. The minimum Gasteiger partial charge on any atom is -0.337 e. The van der Waals surface area contributed by atoms with E-state index in [1.165, 1.54) is 16.5 Å². The summed E-state index contributed by atoms with van der Waals surface area (Å²) in [4.78, 5) is 3.17. The second kappa shape index (κ2) is 5.11. The van der Waals surface area contributed by atoms with Crippen LogP contribution in [-0.4, -0.2) is 9.55 Å². The fourth-order valence-electron chi connectivity index (χ4n) is 2.52. The Morgan fingerprint density at radius 3 is 2.43 bits per heavy atom. The van der Waals surface area contributed by atoms with Crippen LogP contribution in [0.4, 0.5) is 0 Å². The number of hydrogen-bond donors (Lipinski definition) is 1. The predicted octanol–water partition coefficient (Wildman–Crippen LogP) is 5.75. The Labute approximate surface area is 137 Å². The minimum absolute atomic E-state index is 0.0300. The number of benzene rings is 2. The van der Waals surface area contributed by atoms with Crippen LogP contribution in [0.2, 0.25) is 0 Å². The van der Waals surface area contributed by atoms with Crippen molar-refractivity contribution in [3.05, 3.63) is 57.5 Å². The molecule has 0 bridgehead atoms. The molecule has 108 valence electrons. The van der Waals surface area contributed by atoms with E-state index in [-0.39, 0.29) is 5.41 Å². The number of aromatic amines is 1. The Balaban J connectivity index is 2.24. The molecule has 0 amide bonds. The van der Waals surface area contributed by atoms with E-state index >= 15 is 0 Å². The maximum Gasteiger partial charge on any atom is 0.182 e. The number of hydrogen-bond acceptors (Lipinski definition) is 1. The average molecular weight is 361 g/mol. The van der Waals surface area contributed by atoms with Crippen molar-refractivity contribution in [1.29, 1.82) is 0 Å². The number of rotatable bonds is 1. The van der Waals surface area contributed by atoms with Gasteiger partial charge in [-0.2, -0.15) is 0 Å². The zero-order chi connectivity index (χ0) is 15.2. The molecule has 0 unspecified atom stereocenters. The fraction of sp³-hybridized carbons (Fsp3) is 0.235. The number of halogens is 1. The van der Waals surface area contributed by atoms with Crippen molar-refractivity contribution < 1.29 is 0 Å². The van der Waals surface area contributed by atoms with Crippen molar-refractivity contribution in [3.63, 3.8) is 0 Å². The molecule has 1 N–H and O–H groups in total. The van der Waals surface area contributed by atoms with Crippen molar-refractivity contribution in [2.75, 3.05) is 0 Å². The molecule has 0 aliphatic rings. The van der Waals surface area contributed by atoms with Crippen molar-refractivity contribution in [3.8, 4) is 5.69 Å². The van der Waals surface area contributed by atoms with Gasteiger partial charge in [0.2, 0.25) is 0 Å². The van der Waals surface area contributed by atoms with Crippen LogP contribution in [0, 0.1) is 4.77 Å². The van der Waals surface area contributed by atoms with Crippen LogP contribution in [-0.2, 0) is 5.41 Å². The van der Waals surface area contributed by atoms with E-state index in [1.807, 2.05) is 6.20 Å². The van der Waals surface area contributed by atoms with Crippen LogP contribution in [0.1, 0.15) is 26.5 Å². The first kappa shape index (κ1) is 14.5. The second-order valence-corrected chi connectivity index (χ2v) is 7.54. The van der Waals surface area contributed by atoms with Gasteiger partial charge in [0.05, 0.1) is 0 Å². The Bertz CT molecular complexity index is 868. The van der Waals surface area contributed by atoms with E-state index in [4.69, 9.17) is 12.2 Å². The fourth-order valence-corrected chi connectivity index (χ4v) is 3.16. The standard InChI is InChI=1S/C17H17BrN2S/c1-17(2,3)15-10-19-16(21)20(15)14-7-5-11-8-13(18)6-4-12(11)9-14/h4-10H,1-3H3,(H,19,21). The third kappa shape index (κ3) is 2.70. The zero-order valence-corrected chi connectivity index (χ0v) is 14.7. The number of nitrogens with one attached hydrogen (secondary N) is 1. The van der Waals surface area contributed by atoms with Gasteiger partial charge in [-0.15, -0.1) is 0 Å². The summed E-state index contributed by atoms with van der Waals surface area (Å²) >= 11 is 8.98. The molecule has 1 aromatic heterocycles. The molecular weight excluding hydrogens is 344 g/mol. The molecule has 4 heteroatoms. The number of fused-ring (bicyclic) bond motifs is 1. The molecule has 0 radical (unpaired) electrons. The van der Waals surface area contributed by atoms with E-state index < -0.39 is 0 Å². The molecule has 3 rings (SSSR count). The maximum absolute atomic E-state index is 5.47. The first-order valence-electron chi connectivity index (χ1n) is 6.87. The van der Waals surface area contributed by atoms with Crippen LogP contribution in [0.25, 0.3) is 16.5 Å². The molecule has 2 nitrogen and oxygen atoms in total.